The Morgan fingerprint density at radius 1 is 1.27 bits per heavy atom. The van der Waals surface area contributed by atoms with E-state index in [1.54, 1.807) is 19.1 Å². The number of fused-ring (bicyclic) bond motifs is 1. The number of nitrogens with one attached hydrogen (secondary N) is 1. The number of carbonyl (C=O) groups is 3. The number of hydrogen-bond acceptors (Lipinski definition) is 6. The summed E-state index contributed by atoms with van der Waals surface area (Å²) in [4.78, 5) is 38.0. The van der Waals surface area contributed by atoms with Crippen molar-refractivity contribution < 1.29 is 19.1 Å². The summed E-state index contributed by atoms with van der Waals surface area (Å²) >= 11 is 0. The highest BCUT2D eigenvalue weighted by atomic mass is 16.5. The number of aryl methyl sites for hydroxylation is 1. The molecule has 7 heteroatoms. The Balaban J connectivity index is 1.91. The Kier molecular flexibility index (Phi) is 3.40. The summed E-state index contributed by atoms with van der Waals surface area (Å²) < 4.78 is 4.88. The molecule has 0 spiro atoms. The predicted octanol–water partition coefficient (Wildman–Crippen LogP) is 0.375. The zero-order valence-electron chi connectivity index (χ0n) is 12.2. The fourth-order valence-corrected chi connectivity index (χ4v) is 2.61. The van der Waals surface area contributed by atoms with Crippen molar-refractivity contribution in [3.05, 3.63) is 29.8 Å². The SMILES string of the molecule is CCOC(=O)C1=NN[C@H]2C(=O)N(c3ccc(C)cc3)C(=O)[C@@H]12. The topological polar surface area (TPSA) is 88.1 Å². The summed E-state index contributed by atoms with van der Waals surface area (Å²) in [5, 5.41) is 3.81. The number of amides is 2. The molecule has 0 radical (unpaired) electrons. The van der Waals surface area contributed by atoms with Gasteiger partial charge in [-0.25, -0.2) is 9.69 Å². The smallest absolute Gasteiger partial charge is 0.355 e. The average molecular weight is 301 g/mol. The molecule has 1 fully saturated rings. The molecule has 1 aromatic rings. The number of nitrogens with zero attached hydrogens (tertiary/aromatic N) is 2. The second kappa shape index (κ2) is 5.25. The predicted molar refractivity (Wildman–Crippen MR) is 78.2 cm³/mol. The van der Waals surface area contributed by atoms with Crippen molar-refractivity contribution in [3.8, 4) is 0 Å². The van der Waals surface area contributed by atoms with E-state index in [0.29, 0.717) is 5.69 Å². The van der Waals surface area contributed by atoms with Crippen LogP contribution in [0.1, 0.15) is 12.5 Å². The molecule has 114 valence electrons. The van der Waals surface area contributed by atoms with Crippen LogP contribution in [0.4, 0.5) is 5.69 Å². The van der Waals surface area contributed by atoms with Gasteiger partial charge in [-0.05, 0) is 26.0 Å². The van der Waals surface area contributed by atoms with Crippen LogP contribution in [0.2, 0.25) is 0 Å². The van der Waals surface area contributed by atoms with Crippen molar-refractivity contribution in [3.63, 3.8) is 0 Å². The molecule has 1 N–H and O–H groups in total. The number of hydrazone groups is 1. The maximum atomic E-state index is 12.6. The van der Waals surface area contributed by atoms with Gasteiger partial charge < -0.3 is 4.74 Å². The fraction of sp³-hybridized carbons (Fsp3) is 0.333. The van der Waals surface area contributed by atoms with Crippen molar-refractivity contribution in [1.29, 1.82) is 0 Å². The Bertz CT molecular complexity index is 681. The first-order valence-electron chi connectivity index (χ1n) is 6.99. The van der Waals surface area contributed by atoms with Gasteiger partial charge in [0.05, 0.1) is 12.3 Å². The molecule has 2 atom stereocenters. The molecule has 2 aliphatic heterocycles. The minimum Gasteiger partial charge on any atom is -0.461 e. The summed E-state index contributed by atoms with van der Waals surface area (Å²) in [6, 6.07) is 6.20. The molecule has 22 heavy (non-hydrogen) atoms. The quantitative estimate of drug-likeness (QED) is 0.644. The van der Waals surface area contributed by atoms with Crippen LogP contribution in [0.15, 0.2) is 29.4 Å². The monoisotopic (exact) mass is 301 g/mol. The summed E-state index contributed by atoms with van der Waals surface area (Å²) in [5.41, 5.74) is 4.04. The molecule has 0 saturated carbocycles. The van der Waals surface area contributed by atoms with Gasteiger partial charge in [0, 0.05) is 0 Å². The number of esters is 1. The van der Waals surface area contributed by atoms with Gasteiger partial charge in [0.15, 0.2) is 5.71 Å². The van der Waals surface area contributed by atoms with Crippen LogP contribution in [0.3, 0.4) is 0 Å². The summed E-state index contributed by atoms with van der Waals surface area (Å²) in [6.45, 7) is 3.76. The summed E-state index contributed by atoms with van der Waals surface area (Å²) in [5.74, 6) is -2.47. The summed E-state index contributed by atoms with van der Waals surface area (Å²) in [7, 11) is 0. The van der Waals surface area contributed by atoms with Gasteiger partial charge in [-0.15, -0.1) is 0 Å². The highest BCUT2D eigenvalue weighted by Crippen LogP contribution is 2.30. The first-order valence-corrected chi connectivity index (χ1v) is 6.99. The Morgan fingerprint density at radius 2 is 1.95 bits per heavy atom. The van der Waals surface area contributed by atoms with Crippen LogP contribution in [-0.2, 0) is 19.1 Å². The van der Waals surface area contributed by atoms with E-state index < -0.39 is 29.7 Å². The number of carbonyl (C=O) groups excluding carboxylic acids is 3. The molecular formula is C15H15N3O4. The fourth-order valence-electron chi connectivity index (χ4n) is 2.61. The number of ether oxygens (including phenoxy) is 1. The van der Waals surface area contributed by atoms with E-state index in [9.17, 15) is 14.4 Å². The van der Waals surface area contributed by atoms with E-state index >= 15 is 0 Å². The van der Waals surface area contributed by atoms with Crippen molar-refractivity contribution >= 4 is 29.2 Å². The average Bonchev–Trinajstić information content (AvgIpc) is 3.03. The highest BCUT2D eigenvalue weighted by Gasteiger charge is 2.55. The van der Waals surface area contributed by atoms with Gasteiger partial charge >= 0.3 is 5.97 Å². The van der Waals surface area contributed by atoms with E-state index in [0.717, 1.165) is 10.5 Å². The van der Waals surface area contributed by atoms with E-state index in [1.807, 2.05) is 19.1 Å². The van der Waals surface area contributed by atoms with Crippen LogP contribution in [0.25, 0.3) is 0 Å². The lowest BCUT2D eigenvalue weighted by atomic mass is 9.99. The van der Waals surface area contributed by atoms with Gasteiger partial charge in [0.1, 0.15) is 12.0 Å². The normalized spacial score (nSPS) is 23.2. The van der Waals surface area contributed by atoms with Gasteiger partial charge in [-0.3, -0.25) is 15.0 Å². The molecule has 7 nitrogen and oxygen atoms in total. The van der Waals surface area contributed by atoms with Crippen molar-refractivity contribution in [2.75, 3.05) is 11.5 Å². The van der Waals surface area contributed by atoms with Gasteiger partial charge in [0.25, 0.3) is 5.91 Å². The first-order chi connectivity index (χ1) is 10.5. The van der Waals surface area contributed by atoms with Crippen molar-refractivity contribution in [2.45, 2.75) is 19.9 Å². The first kappa shape index (κ1) is 14.2. The Hall–Kier alpha value is -2.70. The van der Waals surface area contributed by atoms with Gasteiger partial charge in [-0.1, -0.05) is 17.7 Å². The number of anilines is 1. The van der Waals surface area contributed by atoms with Gasteiger partial charge in [-0.2, -0.15) is 5.10 Å². The molecule has 1 saturated heterocycles. The molecule has 2 aliphatic rings. The van der Waals surface area contributed by atoms with E-state index in [2.05, 4.69) is 10.5 Å². The molecule has 2 heterocycles. The molecule has 1 aromatic carbocycles. The van der Waals surface area contributed by atoms with Gasteiger partial charge in [0.2, 0.25) is 5.91 Å². The van der Waals surface area contributed by atoms with Crippen LogP contribution in [0.5, 0.6) is 0 Å². The second-order valence-electron chi connectivity index (χ2n) is 5.15. The highest BCUT2D eigenvalue weighted by molar-refractivity contribution is 6.46. The molecular weight excluding hydrogens is 286 g/mol. The number of benzene rings is 1. The Morgan fingerprint density at radius 3 is 2.59 bits per heavy atom. The standard InChI is InChI=1S/C15H15N3O4/c1-3-22-15(21)12-10-11(16-17-12)14(20)18(13(10)19)9-6-4-8(2)5-7-9/h4-7,10-11,16H,3H2,1-2H3/t10-,11-/m1/s1. The molecule has 2 amide bonds. The largest absolute Gasteiger partial charge is 0.461 e. The van der Waals surface area contributed by atoms with E-state index in [4.69, 9.17) is 4.74 Å². The lowest BCUT2D eigenvalue weighted by Crippen LogP contribution is -2.36. The molecule has 0 bridgehead atoms. The third-order valence-electron chi connectivity index (χ3n) is 3.70. The lowest BCUT2D eigenvalue weighted by Gasteiger charge is -2.15. The summed E-state index contributed by atoms with van der Waals surface area (Å²) in [6.07, 6.45) is 0. The maximum Gasteiger partial charge on any atom is 0.355 e. The second-order valence-corrected chi connectivity index (χ2v) is 5.15. The van der Waals surface area contributed by atoms with Crippen LogP contribution in [0, 0.1) is 12.8 Å². The molecule has 0 aromatic heterocycles. The van der Waals surface area contributed by atoms with E-state index in [1.165, 1.54) is 0 Å². The van der Waals surface area contributed by atoms with Crippen molar-refractivity contribution in [2.24, 2.45) is 11.0 Å². The number of imide groups is 1. The third-order valence-corrected chi connectivity index (χ3v) is 3.70. The number of hydrogen-bond donors (Lipinski definition) is 1. The zero-order valence-corrected chi connectivity index (χ0v) is 12.2. The molecule has 3 rings (SSSR count). The van der Waals surface area contributed by atoms with Crippen molar-refractivity contribution in [1.82, 2.24) is 5.43 Å². The lowest BCUT2D eigenvalue weighted by molar-refractivity contribution is -0.136. The minimum absolute atomic E-state index is 0.0418. The third kappa shape index (κ3) is 2.05. The van der Waals surface area contributed by atoms with Crippen LogP contribution < -0.4 is 10.3 Å². The Labute approximate surface area is 126 Å². The maximum absolute atomic E-state index is 12.6. The molecule has 0 aliphatic carbocycles. The molecule has 0 unspecified atom stereocenters. The van der Waals surface area contributed by atoms with Crippen LogP contribution in [-0.4, -0.2) is 36.1 Å². The minimum atomic E-state index is -0.923. The van der Waals surface area contributed by atoms with E-state index in [-0.39, 0.29) is 12.3 Å². The zero-order chi connectivity index (χ0) is 15.9. The number of rotatable bonds is 3. The van der Waals surface area contributed by atoms with Crippen LogP contribution >= 0.6 is 0 Å².